The summed E-state index contributed by atoms with van der Waals surface area (Å²) in [5.41, 5.74) is 6.29. The number of carbonyl (C=O) groups excluding carboxylic acids is 1. The predicted octanol–water partition coefficient (Wildman–Crippen LogP) is 2.83. The highest BCUT2D eigenvalue weighted by molar-refractivity contribution is 6.35. The van der Waals surface area contributed by atoms with Crippen molar-refractivity contribution in [3.05, 3.63) is 33.8 Å². The van der Waals surface area contributed by atoms with Crippen molar-refractivity contribution in [2.75, 3.05) is 26.3 Å². The Morgan fingerprint density at radius 2 is 2.00 bits per heavy atom. The minimum absolute atomic E-state index is 0. The van der Waals surface area contributed by atoms with Gasteiger partial charge in [0.2, 0.25) is 5.91 Å². The Kier molecular flexibility index (Phi) is 7.94. The lowest BCUT2D eigenvalue weighted by Gasteiger charge is -2.34. The highest BCUT2D eigenvalue weighted by atomic mass is 35.5. The number of carbonyl (C=O) groups is 1. The SMILES string of the molecule is Cl.NCC1(C(=O)NCCc2ccc(Cl)cc2Cl)CCOCC1. The van der Waals surface area contributed by atoms with Gasteiger partial charge in [-0.3, -0.25) is 4.79 Å². The van der Waals surface area contributed by atoms with Crippen LogP contribution in [0.3, 0.4) is 0 Å². The molecule has 1 amide bonds. The molecular weight excluding hydrogens is 347 g/mol. The fraction of sp³-hybridized carbons (Fsp3) is 0.533. The quantitative estimate of drug-likeness (QED) is 0.841. The number of hydrogen-bond acceptors (Lipinski definition) is 3. The van der Waals surface area contributed by atoms with Crippen LogP contribution in [0.1, 0.15) is 18.4 Å². The molecule has 0 aromatic heterocycles. The molecule has 3 N–H and O–H groups in total. The summed E-state index contributed by atoms with van der Waals surface area (Å²) in [7, 11) is 0. The van der Waals surface area contributed by atoms with Gasteiger partial charge in [-0.25, -0.2) is 0 Å². The summed E-state index contributed by atoms with van der Waals surface area (Å²) in [6.07, 6.45) is 2.02. The number of benzene rings is 1. The summed E-state index contributed by atoms with van der Waals surface area (Å²) >= 11 is 12.0. The lowest BCUT2D eigenvalue weighted by Crippen LogP contribution is -2.49. The van der Waals surface area contributed by atoms with Gasteiger partial charge in [-0.1, -0.05) is 29.3 Å². The first-order valence-electron chi connectivity index (χ1n) is 7.07. The summed E-state index contributed by atoms with van der Waals surface area (Å²) in [5.74, 6) is 0.0124. The van der Waals surface area contributed by atoms with Crippen LogP contribution in [0.15, 0.2) is 18.2 Å². The lowest BCUT2D eigenvalue weighted by atomic mass is 9.79. The Hall–Kier alpha value is -0.520. The Morgan fingerprint density at radius 1 is 1.32 bits per heavy atom. The first-order chi connectivity index (χ1) is 10.1. The van der Waals surface area contributed by atoms with Gasteiger partial charge >= 0.3 is 0 Å². The van der Waals surface area contributed by atoms with Crippen LogP contribution in [0.2, 0.25) is 10.0 Å². The summed E-state index contributed by atoms with van der Waals surface area (Å²) in [6, 6.07) is 5.38. The van der Waals surface area contributed by atoms with Crippen molar-refractivity contribution in [3.8, 4) is 0 Å². The molecule has 0 bridgehead atoms. The summed E-state index contributed by atoms with van der Waals surface area (Å²) in [5, 5.41) is 4.20. The van der Waals surface area contributed by atoms with Crippen molar-refractivity contribution >= 4 is 41.5 Å². The highest BCUT2D eigenvalue weighted by Crippen LogP contribution is 2.29. The second kappa shape index (κ2) is 8.94. The van der Waals surface area contributed by atoms with Crippen molar-refractivity contribution in [1.29, 1.82) is 0 Å². The minimum atomic E-state index is -0.484. The maximum atomic E-state index is 12.4. The Bertz CT molecular complexity index is 506. The molecule has 1 aromatic carbocycles. The smallest absolute Gasteiger partial charge is 0.227 e. The topological polar surface area (TPSA) is 64.4 Å². The van der Waals surface area contributed by atoms with Crippen molar-refractivity contribution in [2.24, 2.45) is 11.1 Å². The van der Waals surface area contributed by atoms with Crippen molar-refractivity contribution in [3.63, 3.8) is 0 Å². The van der Waals surface area contributed by atoms with Gasteiger partial charge in [0.05, 0.1) is 5.41 Å². The molecular formula is C15H21Cl3N2O2. The predicted molar refractivity (Wildman–Crippen MR) is 92.0 cm³/mol. The van der Waals surface area contributed by atoms with Crippen LogP contribution in [0.25, 0.3) is 0 Å². The van der Waals surface area contributed by atoms with Crippen molar-refractivity contribution in [1.82, 2.24) is 5.32 Å². The van der Waals surface area contributed by atoms with Crippen LogP contribution in [0, 0.1) is 5.41 Å². The zero-order chi connectivity index (χ0) is 15.3. The van der Waals surface area contributed by atoms with Gasteiger partial charge < -0.3 is 15.8 Å². The molecule has 0 aliphatic carbocycles. The number of halogens is 3. The van der Waals surface area contributed by atoms with E-state index in [1.165, 1.54) is 0 Å². The summed E-state index contributed by atoms with van der Waals surface area (Å²) < 4.78 is 5.31. The molecule has 1 aromatic rings. The third-order valence-electron chi connectivity index (χ3n) is 4.02. The van der Waals surface area contributed by atoms with E-state index in [2.05, 4.69) is 5.32 Å². The maximum absolute atomic E-state index is 12.4. The standard InChI is InChI=1S/C15H20Cl2N2O2.ClH/c16-12-2-1-11(13(17)9-12)3-6-19-14(20)15(10-18)4-7-21-8-5-15;/h1-2,9H,3-8,10,18H2,(H,19,20);1H. The van der Waals surface area contributed by atoms with Crippen LogP contribution in [-0.2, 0) is 16.0 Å². The van der Waals surface area contributed by atoms with Crippen LogP contribution < -0.4 is 11.1 Å². The van der Waals surface area contributed by atoms with Gasteiger partial charge in [0.25, 0.3) is 0 Å². The molecule has 1 aliphatic heterocycles. The minimum Gasteiger partial charge on any atom is -0.381 e. The molecule has 1 heterocycles. The number of rotatable bonds is 5. The average molecular weight is 368 g/mol. The van der Waals surface area contributed by atoms with Gasteiger partial charge in [-0.05, 0) is 37.0 Å². The number of amides is 1. The number of ether oxygens (including phenoxy) is 1. The summed E-state index contributed by atoms with van der Waals surface area (Å²) in [4.78, 5) is 12.4. The maximum Gasteiger partial charge on any atom is 0.227 e. The monoisotopic (exact) mass is 366 g/mol. The van der Waals surface area contributed by atoms with E-state index in [1.54, 1.807) is 12.1 Å². The number of nitrogens with two attached hydrogens (primary N) is 1. The van der Waals surface area contributed by atoms with E-state index >= 15 is 0 Å². The molecule has 22 heavy (non-hydrogen) atoms. The van der Waals surface area contributed by atoms with E-state index < -0.39 is 5.41 Å². The largest absolute Gasteiger partial charge is 0.381 e. The lowest BCUT2D eigenvalue weighted by molar-refractivity contribution is -0.135. The van der Waals surface area contributed by atoms with Crippen molar-refractivity contribution < 1.29 is 9.53 Å². The zero-order valence-corrected chi connectivity index (χ0v) is 14.6. The molecule has 1 aliphatic rings. The molecule has 0 atom stereocenters. The Labute approximate surface area is 147 Å². The molecule has 0 radical (unpaired) electrons. The average Bonchev–Trinajstić information content (AvgIpc) is 2.50. The van der Waals surface area contributed by atoms with Crippen molar-refractivity contribution in [2.45, 2.75) is 19.3 Å². The fourth-order valence-electron chi connectivity index (χ4n) is 2.51. The van der Waals surface area contributed by atoms with E-state index in [1.807, 2.05) is 6.07 Å². The van der Waals surface area contributed by atoms with E-state index in [0.717, 1.165) is 5.56 Å². The highest BCUT2D eigenvalue weighted by Gasteiger charge is 2.38. The Balaban J connectivity index is 0.00000242. The first kappa shape index (κ1) is 19.5. The van der Waals surface area contributed by atoms with Gasteiger partial charge in [0.1, 0.15) is 0 Å². The van der Waals surface area contributed by atoms with Gasteiger partial charge in [0, 0.05) is 36.3 Å². The van der Waals surface area contributed by atoms with E-state index in [0.29, 0.717) is 55.6 Å². The van der Waals surface area contributed by atoms with Gasteiger partial charge in [-0.15, -0.1) is 12.4 Å². The van der Waals surface area contributed by atoms with E-state index in [-0.39, 0.29) is 18.3 Å². The molecule has 0 unspecified atom stereocenters. The molecule has 4 nitrogen and oxygen atoms in total. The van der Waals surface area contributed by atoms with E-state index in [4.69, 9.17) is 33.7 Å². The molecule has 1 fully saturated rings. The molecule has 1 saturated heterocycles. The normalized spacial score (nSPS) is 16.7. The van der Waals surface area contributed by atoms with Crippen LogP contribution >= 0.6 is 35.6 Å². The summed E-state index contributed by atoms with van der Waals surface area (Å²) in [6.45, 7) is 2.06. The van der Waals surface area contributed by atoms with Gasteiger partial charge in [-0.2, -0.15) is 0 Å². The number of nitrogens with one attached hydrogen (secondary N) is 1. The Morgan fingerprint density at radius 3 is 2.59 bits per heavy atom. The molecule has 7 heteroatoms. The van der Waals surface area contributed by atoms with E-state index in [9.17, 15) is 4.79 Å². The molecule has 0 spiro atoms. The number of hydrogen-bond donors (Lipinski definition) is 2. The van der Waals surface area contributed by atoms with Crippen LogP contribution in [0.4, 0.5) is 0 Å². The zero-order valence-electron chi connectivity index (χ0n) is 12.2. The van der Waals surface area contributed by atoms with Gasteiger partial charge in [0.15, 0.2) is 0 Å². The van der Waals surface area contributed by atoms with Crippen LogP contribution in [0.5, 0.6) is 0 Å². The molecule has 2 rings (SSSR count). The first-order valence-corrected chi connectivity index (χ1v) is 7.83. The molecule has 124 valence electrons. The van der Waals surface area contributed by atoms with Crippen LogP contribution in [-0.4, -0.2) is 32.2 Å². The molecule has 0 saturated carbocycles. The second-order valence-corrected chi connectivity index (χ2v) is 6.18. The third kappa shape index (κ3) is 4.74. The second-order valence-electron chi connectivity index (χ2n) is 5.34. The fourth-order valence-corrected chi connectivity index (χ4v) is 3.01. The third-order valence-corrected chi connectivity index (χ3v) is 4.60.